The molecule has 1 aliphatic rings. The van der Waals surface area contributed by atoms with Crippen molar-refractivity contribution in [3.63, 3.8) is 0 Å². The third-order valence-electron chi connectivity index (χ3n) is 3.37. The molecule has 1 aromatic carbocycles. The predicted octanol–water partition coefficient (Wildman–Crippen LogP) is 2.54. The van der Waals surface area contributed by atoms with Crippen LogP contribution in [0.2, 0.25) is 0 Å². The van der Waals surface area contributed by atoms with Gasteiger partial charge >= 0.3 is 6.18 Å². The van der Waals surface area contributed by atoms with Crippen LogP contribution in [0.1, 0.15) is 28.8 Å². The third kappa shape index (κ3) is 2.83. The lowest BCUT2D eigenvalue weighted by molar-refractivity contribution is -0.140. The first-order valence-electron chi connectivity index (χ1n) is 6.02. The van der Waals surface area contributed by atoms with Gasteiger partial charge < -0.3 is 10.5 Å². The van der Waals surface area contributed by atoms with Gasteiger partial charge in [-0.1, -0.05) is 6.07 Å². The highest BCUT2D eigenvalue weighted by Crippen LogP contribution is 2.32. The smallest absolute Gasteiger partial charge is 0.381 e. The van der Waals surface area contributed by atoms with Gasteiger partial charge in [-0.3, -0.25) is 4.79 Å². The average molecular weight is 291 g/mol. The quantitative estimate of drug-likeness (QED) is 0.673. The highest BCUT2D eigenvalue weighted by Gasteiger charge is 2.38. The molecule has 0 atom stereocenters. The predicted molar refractivity (Wildman–Crippen MR) is 62.7 cm³/mol. The van der Waals surface area contributed by atoms with E-state index >= 15 is 0 Å². The highest BCUT2D eigenvalue weighted by molar-refractivity contribution is 6.03. The van der Waals surface area contributed by atoms with Gasteiger partial charge in [-0.25, -0.2) is 4.39 Å². The van der Waals surface area contributed by atoms with E-state index in [0.29, 0.717) is 25.3 Å². The van der Waals surface area contributed by atoms with Crippen LogP contribution in [-0.2, 0) is 10.9 Å². The fourth-order valence-electron chi connectivity index (χ4n) is 2.14. The summed E-state index contributed by atoms with van der Waals surface area (Å²) in [4.78, 5) is 12.2. The number of ether oxygens (including phenoxy) is 1. The van der Waals surface area contributed by atoms with Gasteiger partial charge in [0.05, 0.1) is 11.1 Å². The van der Waals surface area contributed by atoms with E-state index < -0.39 is 28.9 Å². The van der Waals surface area contributed by atoms with E-state index in [-0.39, 0.29) is 18.4 Å². The van der Waals surface area contributed by atoms with E-state index in [1.807, 2.05) is 0 Å². The summed E-state index contributed by atoms with van der Waals surface area (Å²) in [6.07, 6.45) is -4.27. The summed E-state index contributed by atoms with van der Waals surface area (Å²) < 4.78 is 55.9. The van der Waals surface area contributed by atoms with E-state index in [4.69, 9.17) is 10.5 Å². The summed E-state index contributed by atoms with van der Waals surface area (Å²) in [5.41, 5.74) is 3.18. The van der Waals surface area contributed by atoms with Crippen molar-refractivity contribution in [3.8, 4) is 0 Å². The Kier molecular flexibility index (Phi) is 3.84. The summed E-state index contributed by atoms with van der Waals surface area (Å²) in [5.74, 6) is -2.03. The van der Waals surface area contributed by atoms with Crippen LogP contribution < -0.4 is 5.73 Å². The minimum absolute atomic E-state index is 0.153. The molecule has 1 heterocycles. The number of Topliss-reactive ketones (excluding diaryl/α,β-unsaturated/α-hetero) is 1. The Morgan fingerprint density at radius 2 is 1.85 bits per heavy atom. The Bertz CT molecular complexity index is 522. The second-order valence-electron chi connectivity index (χ2n) is 4.79. The zero-order valence-corrected chi connectivity index (χ0v) is 10.5. The van der Waals surface area contributed by atoms with E-state index in [0.717, 1.165) is 6.07 Å². The van der Waals surface area contributed by atoms with Gasteiger partial charge in [-0.05, 0) is 25.0 Å². The van der Waals surface area contributed by atoms with Crippen molar-refractivity contribution in [3.05, 3.63) is 35.1 Å². The van der Waals surface area contributed by atoms with Crippen LogP contribution in [-0.4, -0.2) is 24.5 Å². The molecule has 1 aromatic rings. The summed E-state index contributed by atoms with van der Waals surface area (Å²) in [6, 6.07) is 2.11. The minimum atomic E-state index is -4.79. The monoisotopic (exact) mass is 291 g/mol. The molecule has 0 aliphatic carbocycles. The van der Waals surface area contributed by atoms with Gasteiger partial charge in [0.25, 0.3) is 0 Å². The average Bonchev–Trinajstić information content (AvgIpc) is 2.37. The highest BCUT2D eigenvalue weighted by atomic mass is 19.4. The van der Waals surface area contributed by atoms with Gasteiger partial charge in [0.2, 0.25) is 0 Å². The zero-order chi connectivity index (χ0) is 15.0. The standard InChI is InChI=1S/C13H13F4NO2/c14-10-7-8(1-2-9(10)13(15,16)17)11(19)12(18)3-5-20-6-4-12/h1-2,7H,3-6,18H2. The number of alkyl halides is 3. The first-order chi connectivity index (χ1) is 9.24. The van der Waals surface area contributed by atoms with Crippen molar-refractivity contribution in [2.24, 2.45) is 5.73 Å². The largest absolute Gasteiger partial charge is 0.419 e. The summed E-state index contributed by atoms with van der Waals surface area (Å²) in [7, 11) is 0. The Labute approximate surface area is 112 Å². The van der Waals surface area contributed by atoms with Crippen molar-refractivity contribution >= 4 is 5.78 Å². The van der Waals surface area contributed by atoms with Crippen molar-refractivity contribution in [1.29, 1.82) is 0 Å². The van der Waals surface area contributed by atoms with Crippen LogP contribution in [0.3, 0.4) is 0 Å². The molecule has 7 heteroatoms. The molecule has 1 fully saturated rings. The molecule has 0 saturated carbocycles. The van der Waals surface area contributed by atoms with Gasteiger partial charge in [-0.15, -0.1) is 0 Å². The Balaban J connectivity index is 2.30. The number of carbonyl (C=O) groups is 1. The fraction of sp³-hybridized carbons (Fsp3) is 0.462. The van der Waals surface area contributed by atoms with Crippen molar-refractivity contribution in [2.75, 3.05) is 13.2 Å². The molecule has 20 heavy (non-hydrogen) atoms. The second-order valence-corrected chi connectivity index (χ2v) is 4.79. The molecule has 1 aliphatic heterocycles. The maximum Gasteiger partial charge on any atom is 0.419 e. The minimum Gasteiger partial charge on any atom is -0.381 e. The van der Waals surface area contributed by atoms with Crippen LogP contribution in [0.15, 0.2) is 18.2 Å². The van der Waals surface area contributed by atoms with E-state index in [9.17, 15) is 22.4 Å². The number of benzene rings is 1. The number of nitrogens with two attached hydrogens (primary N) is 1. The number of ketones is 1. The van der Waals surface area contributed by atoms with Crippen LogP contribution in [0.5, 0.6) is 0 Å². The number of halogens is 4. The molecule has 110 valence electrons. The Hall–Kier alpha value is -1.47. The lowest BCUT2D eigenvalue weighted by atomic mass is 9.83. The SMILES string of the molecule is NC1(C(=O)c2ccc(C(F)(F)F)c(F)c2)CCOCC1. The zero-order valence-electron chi connectivity index (χ0n) is 10.5. The normalized spacial score (nSPS) is 18.9. The summed E-state index contributed by atoms with van der Waals surface area (Å²) in [5, 5.41) is 0. The van der Waals surface area contributed by atoms with Crippen LogP contribution in [0.25, 0.3) is 0 Å². The molecule has 0 radical (unpaired) electrons. The van der Waals surface area contributed by atoms with E-state index in [1.165, 1.54) is 0 Å². The molecular weight excluding hydrogens is 278 g/mol. The number of hydrogen-bond donors (Lipinski definition) is 1. The molecule has 3 nitrogen and oxygen atoms in total. The van der Waals surface area contributed by atoms with Crippen molar-refractivity contribution in [1.82, 2.24) is 0 Å². The third-order valence-corrected chi connectivity index (χ3v) is 3.37. The summed E-state index contributed by atoms with van der Waals surface area (Å²) in [6.45, 7) is 0.594. The van der Waals surface area contributed by atoms with Gasteiger partial charge in [0.15, 0.2) is 5.78 Å². The van der Waals surface area contributed by atoms with Gasteiger partial charge in [0.1, 0.15) is 5.82 Å². The lowest BCUT2D eigenvalue weighted by Crippen LogP contribution is -2.51. The van der Waals surface area contributed by atoms with E-state index in [2.05, 4.69) is 0 Å². The fourth-order valence-corrected chi connectivity index (χ4v) is 2.14. The van der Waals surface area contributed by atoms with Crippen molar-refractivity contribution < 1.29 is 27.1 Å². The molecule has 2 rings (SSSR count). The van der Waals surface area contributed by atoms with Crippen LogP contribution >= 0.6 is 0 Å². The lowest BCUT2D eigenvalue weighted by Gasteiger charge is -2.31. The van der Waals surface area contributed by atoms with Crippen molar-refractivity contribution in [2.45, 2.75) is 24.6 Å². The topological polar surface area (TPSA) is 52.3 Å². The van der Waals surface area contributed by atoms with Gasteiger partial charge in [0, 0.05) is 18.8 Å². The number of hydrogen-bond acceptors (Lipinski definition) is 3. The first kappa shape index (κ1) is 14.9. The maximum absolute atomic E-state index is 13.5. The number of rotatable bonds is 2. The number of carbonyl (C=O) groups excluding carboxylic acids is 1. The Morgan fingerprint density at radius 3 is 2.35 bits per heavy atom. The van der Waals surface area contributed by atoms with E-state index in [1.54, 1.807) is 0 Å². The summed E-state index contributed by atoms with van der Waals surface area (Å²) >= 11 is 0. The molecular formula is C13H13F4NO2. The second kappa shape index (κ2) is 5.14. The molecule has 2 N–H and O–H groups in total. The molecule has 0 unspecified atom stereocenters. The molecule has 0 bridgehead atoms. The molecule has 1 saturated heterocycles. The van der Waals surface area contributed by atoms with Crippen LogP contribution in [0.4, 0.5) is 17.6 Å². The van der Waals surface area contributed by atoms with Crippen LogP contribution in [0, 0.1) is 5.82 Å². The molecule has 0 aromatic heterocycles. The molecule has 0 spiro atoms. The Morgan fingerprint density at radius 1 is 1.25 bits per heavy atom. The molecule has 0 amide bonds. The maximum atomic E-state index is 13.5. The van der Waals surface area contributed by atoms with Gasteiger partial charge in [-0.2, -0.15) is 13.2 Å². The first-order valence-corrected chi connectivity index (χ1v) is 6.02.